The number of esters is 1. The van der Waals surface area contributed by atoms with Gasteiger partial charge in [0.05, 0.1) is 25.4 Å². The highest BCUT2D eigenvalue weighted by Crippen LogP contribution is 2.24. The molecular formula is C21H25BrF2I2N2O5. The van der Waals surface area contributed by atoms with Gasteiger partial charge >= 0.3 is 5.97 Å². The summed E-state index contributed by atoms with van der Waals surface area (Å²) in [5, 5.41) is 3.14. The highest BCUT2D eigenvalue weighted by Gasteiger charge is 2.23. The van der Waals surface area contributed by atoms with E-state index in [2.05, 4.69) is 26.0 Å². The van der Waals surface area contributed by atoms with Gasteiger partial charge in [0.1, 0.15) is 11.6 Å². The van der Waals surface area contributed by atoms with Crippen LogP contribution in [0.1, 0.15) is 44.7 Å². The monoisotopic (exact) mass is 756 g/mol. The summed E-state index contributed by atoms with van der Waals surface area (Å²) in [6, 6.07) is 5.94. The van der Waals surface area contributed by atoms with Crippen molar-refractivity contribution in [2.75, 3.05) is 20.3 Å². The molecule has 2 aromatic carbocycles. The lowest BCUT2D eigenvalue weighted by Gasteiger charge is -2.07. The minimum atomic E-state index is -0.511. The van der Waals surface area contributed by atoms with Crippen molar-refractivity contribution in [3.8, 4) is 0 Å². The molecule has 0 atom stereocenters. The summed E-state index contributed by atoms with van der Waals surface area (Å²) >= 11 is 6.88. The van der Waals surface area contributed by atoms with Crippen molar-refractivity contribution in [2.45, 2.75) is 24.7 Å². The molecule has 2 aliphatic heterocycles. The molecule has 12 heteroatoms. The molecule has 1 amide bonds. The summed E-state index contributed by atoms with van der Waals surface area (Å²) in [6.45, 7) is 2.52. The Bertz CT molecular complexity index is 955. The molecule has 0 bridgehead atoms. The van der Waals surface area contributed by atoms with Crippen molar-refractivity contribution in [3.63, 3.8) is 0 Å². The van der Waals surface area contributed by atoms with Crippen molar-refractivity contribution < 1.29 is 33.3 Å². The first-order valence-corrected chi connectivity index (χ1v) is 12.5. The fourth-order valence-electron chi connectivity index (χ4n) is 2.78. The number of carbonyl (C=O) groups excluding carboxylic acids is 2. The fourth-order valence-corrected chi connectivity index (χ4v) is 4.77. The highest BCUT2D eigenvalue weighted by atomic mass is 127. The number of halogens is 5. The van der Waals surface area contributed by atoms with E-state index in [0.29, 0.717) is 30.1 Å². The largest absolute Gasteiger partial charge is 0.465 e. The molecule has 2 aromatic rings. The van der Waals surface area contributed by atoms with E-state index in [1.165, 1.54) is 32.1 Å². The standard InChI is InChI=1S/C9H7BrFIO2.C8H5FINO.C4H8O.H3N.H2O/c1-14-9(13)7-5(4-10)2-3-6(11)8(7)12;9-5-2-1-4-3-11-8(12)6(4)7(5)10;1-2-4-5-3-1;;/h2-3H,4H2,1H3;1-2H,3H2,(H,11,12);1-4H2;1H3;1H2. The van der Waals surface area contributed by atoms with E-state index < -0.39 is 11.8 Å². The topological polar surface area (TPSA) is 131 Å². The molecule has 0 spiro atoms. The Balaban J connectivity index is 0.000000491. The first kappa shape index (κ1) is 32.1. The number of rotatable bonds is 2. The van der Waals surface area contributed by atoms with Crippen molar-refractivity contribution in [3.05, 3.63) is 65.3 Å². The van der Waals surface area contributed by atoms with Crippen LogP contribution in [0.5, 0.6) is 0 Å². The first-order valence-electron chi connectivity index (χ1n) is 9.25. The summed E-state index contributed by atoms with van der Waals surface area (Å²) in [5.74, 6) is -1.42. The van der Waals surface area contributed by atoms with Crippen molar-refractivity contribution >= 4 is 73.0 Å². The number of carbonyl (C=O) groups is 2. The number of alkyl halides is 1. The molecule has 33 heavy (non-hydrogen) atoms. The second-order valence-electron chi connectivity index (χ2n) is 6.42. The number of benzene rings is 2. The predicted molar refractivity (Wildman–Crippen MR) is 142 cm³/mol. The average Bonchev–Trinajstić information content (AvgIpc) is 3.46. The van der Waals surface area contributed by atoms with Crippen LogP contribution in [0.3, 0.4) is 0 Å². The Morgan fingerprint density at radius 3 is 2.21 bits per heavy atom. The van der Waals surface area contributed by atoms with Gasteiger partial charge in [-0.15, -0.1) is 0 Å². The number of hydrogen-bond donors (Lipinski definition) is 2. The van der Waals surface area contributed by atoms with Gasteiger partial charge < -0.3 is 26.4 Å². The Morgan fingerprint density at radius 2 is 1.70 bits per heavy atom. The molecule has 1 fully saturated rings. The molecule has 0 aliphatic carbocycles. The zero-order valence-electron chi connectivity index (χ0n) is 17.8. The molecule has 0 aromatic heterocycles. The molecular weight excluding hydrogens is 732 g/mol. The van der Waals surface area contributed by atoms with Gasteiger partial charge in [-0.25, -0.2) is 13.6 Å². The minimum absolute atomic E-state index is 0. The van der Waals surface area contributed by atoms with Gasteiger partial charge in [0.2, 0.25) is 0 Å². The predicted octanol–water partition coefficient (Wildman–Crippen LogP) is 4.92. The van der Waals surface area contributed by atoms with Crippen LogP contribution in [0.15, 0.2) is 24.3 Å². The van der Waals surface area contributed by atoms with Crippen LogP contribution < -0.4 is 11.5 Å². The second kappa shape index (κ2) is 15.9. The van der Waals surface area contributed by atoms with Crippen LogP contribution in [0, 0.1) is 18.8 Å². The quantitative estimate of drug-likeness (QED) is 0.255. The van der Waals surface area contributed by atoms with Gasteiger partial charge in [-0.05, 0) is 81.3 Å². The maximum atomic E-state index is 13.2. The van der Waals surface area contributed by atoms with Gasteiger partial charge in [-0.2, -0.15) is 0 Å². The molecule has 6 N–H and O–H groups in total. The molecule has 7 nitrogen and oxygen atoms in total. The summed E-state index contributed by atoms with van der Waals surface area (Å²) in [7, 11) is 1.28. The number of ether oxygens (including phenoxy) is 2. The summed E-state index contributed by atoms with van der Waals surface area (Å²) < 4.78 is 36.4. The van der Waals surface area contributed by atoms with E-state index in [-0.39, 0.29) is 23.4 Å². The van der Waals surface area contributed by atoms with Crippen molar-refractivity contribution in [1.82, 2.24) is 11.5 Å². The summed E-state index contributed by atoms with van der Waals surface area (Å²) in [4.78, 5) is 22.5. The fraction of sp³-hybridized carbons (Fsp3) is 0.333. The summed E-state index contributed by atoms with van der Waals surface area (Å²) in [5.41, 5.74) is 2.40. The third-order valence-corrected chi connectivity index (χ3v) is 7.10. The van der Waals surface area contributed by atoms with Crippen LogP contribution in [0.2, 0.25) is 0 Å². The smallest absolute Gasteiger partial charge is 0.339 e. The van der Waals surface area contributed by atoms with E-state index in [1.807, 2.05) is 22.6 Å². The normalized spacial score (nSPS) is 13.1. The molecule has 4 rings (SSSR count). The van der Waals surface area contributed by atoms with Crippen molar-refractivity contribution in [2.24, 2.45) is 0 Å². The van der Waals surface area contributed by atoms with Gasteiger partial charge in [-0.1, -0.05) is 28.1 Å². The SMILES string of the molecule is C1CCOC1.COC(=O)c1c(CBr)ccc(F)c1I.N.O.O=C1NCc2ccc(F)c(I)c21. The number of nitrogens with one attached hydrogen (secondary N) is 1. The van der Waals surface area contributed by atoms with Crippen LogP contribution in [-0.2, 0) is 21.3 Å². The molecule has 1 saturated heterocycles. The molecule has 0 saturated carbocycles. The van der Waals surface area contributed by atoms with Gasteiger partial charge in [0.25, 0.3) is 5.91 Å². The average molecular weight is 757 g/mol. The van der Waals surface area contributed by atoms with E-state index >= 15 is 0 Å². The lowest BCUT2D eigenvalue weighted by Crippen LogP contribution is -2.13. The molecule has 0 unspecified atom stereocenters. The lowest BCUT2D eigenvalue weighted by atomic mass is 10.1. The van der Waals surface area contributed by atoms with E-state index in [9.17, 15) is 18.4 Å². The third-order valence-electron chi connectivity index (χ3n) is 4.39. The van der Waals surface area contributed by atoms with Crippen LogP contribution >= 0.6 is 61.1 Å². The highest BCUT2D eigenvalue weighted by molar-refractivity contribution is 14.1. The van der Waals surface area contributed by atoms with Gasteiger partial charge in [0, 0.05) is 25.1 Å². The van der Waals surface area contributed by atoms with Crippen LogP contribution in [-0.4, -0.2) is 37.7 Å². The van der Waals surface area contributed by atoms with Gasteiger partial charge in [0.15, 0.2) is 0 Å². The first-order chi connectivity index (χ1) is 14.8. The third kappa shape index (κ3) is 8.65. The Morgan fingerprint density at radius 1 is 1.12 bits per heavy atom. The van der Waals surface area contributed by atoms with Crippen molar-refractivity contribution in [1.29, 1.82) is 0 Å². The maximum absolute atomic E-state index is 13.2. The number of hydrogen-bond acceptors (Lipinski definition) is 5. The van der Waals surface area contributed by atoms with E-state index in [0.717, 1.165) is 24.3 Å². The molecule has 2 heterocycles. The maximum Gasteiger partial charge on any atom is 0.339 e. The second-order valence-corrected chi connectivity index (χ2v) is 9.14. The minimum Gasteiger partial charge on any atom is -0.465 e. The molecule has 184 valence electrons. The van der Waals surface area contributed by atoms with Gasteiger partial charge in [-0.3, -0.25) is 4.79 Å². The Hall–Kier alpha value is -0.940. The summed E-state index contributed by atoms with van der Waals surface area (Å²) in [6.07, 6.45) is 2.56. The molecule has 0 radical (unpaired) electrons. The number of amides is 1. The van der Waals surface area contributed by atoms with E-state index in [4.69, 9.17) is 4.74 Å². The Kier molecular flexibility index (Phi) is 15.4. The zero-order chi connectivity index (χ0) is 23.0. The number of methoxy groups -OCH3 is 1. The van der Waals surface area contributed by atoms with Crippen LogP contribution in [0.4, 0.5) is 8.78 Å². The number of fused-ring (bicyclic) bond motifs is 1. The lowest BCUT2D eigenvalue weighted by molar-refractivity contribution is 0.0597. The van der Waals surface area contributed by atoms with E-state index in [1.54, 1.807) is 34.7 Å². The zero-order valence-corrected chi connectivity index (χ0v) is 23.7. The Labute approximate surface area is 226 Å². The molecule has 2 aliphatic rings. The van der Waals surface area contributed by atoms with Crippen LogP contribution in [0.25, 0.3) is 0 Å².